The first-order chi connectivity index (χ1) is 7.79. The van der Waals surface area contributed by atoms with Gasteiger partial charge in [-0.25, -0.2) is 4.39 Å². The number of nitrogens with one attached hydrogen (secondary N) is 1. The average Bonchev–Trinajstić information content (AvgIpc) is 2.83. The SMILES string of the molecule is COc1cccc(CC(F)C2CCNC2)c1. The van der Waals surface area contributed by atoms with Gasteiger partial charge >= 0.3 is 0 Å². The van der Waals surface area contributed by atoms with Crippen molar-refractivity contribution in [2.24, 2.45) is 5.92 Å². The molecule has 1 fully saturated rings. The molecule has 0 amide bonds. The van der Waals surface area contributed by atoms with Gasteiger partial charge in [0.15, 0.2) is 0 Å². The molecule has 1 aromatic rings. The molecule has 0 aliphatic carbocycles. The Morgan fingerprint density at radius 1 is 1.56 bits per heavy atom. The zero-order chi connectivity index (χ0) is 11.4. The van der Waals surface area contributed by atoms with Crippen LogP contribution in [0.5, 0.6) is 5.75 Å². The molecule has 0 bridgehead atoms. The fraction of sp³-hybridized carbons (Fsp3) is 0.538. The average molecular weight is 223 g/mol. The third kappa shape index (κ3) is 2.73. The van der Waals surface area contributed by atoms with Crippen molar-refractivity contribution in [1.82, 2.24) is 5.32 Å². The molecule has 0 saturated carbocycles. The lowest BCUT2D eigenvalue weighted by Crippen LogP contribution is -2.21. The molecule has 0 aromatic heterocycles. The van der Waals surface area contributed by atoms with Crippen LogP contribution < -0.4 is 10.1 Å². The van der Waals surface area contributed by atoms with Crippen LogP contribution in [0.15, 0.2) is 24.3 Å². The first-order valence-electron chi connectivity index (χ1n) is 5.77. The third-order valence-electron chi connectivity index (χ3n) is 3.17. The lowest BCUT2D eigenvalue weighted by Gasteiger charge is -2.14. The van der Waals surface area contributed by atoms with Gasteiger partial charge in [0.25, 0.3) is 0 Å². The molecule has 1 aliphatic heterocycles. The monoisotopic (exact) mass is 223 g/mol. The fourth-order valence-electron chi connectivity index (χ4n) is 2.18. The normalized spacial score (nSPS) is 22.0. The molecule has 2 rings (SSSR count). The van der Waals surface area contributed by atoms with E-state index in [2.05, 4.69) is 5.32 Å². The van der Waals surface area contributed by atoms with Crippen molar-refractivity contribution >= 4 is 0 Å². The zero-order valence-electron chi connectivity index (χ0n) is 9.58. The topological polar surface area (TPSA) is 21.3 Å². The Kier molecular flexibility index (Phi) is 3.78. The predicted molar refractivity (Wildman–Crippen MR) is 62.6 cm³/mol. The summed E-state index contributed by atoms with van der Waals surface area (Å²) in [5.41, 5.74) is 1.01. The highest BCUT2D eigenvalue weighted by Crippen LogP contribution is 2.21. The lowest BCUT2D eigenvalue weighted by atomic mass is 9.96. The Labute approximate surface area is 95.8 Å². The van der Waals surface area contributed by atoms with Crippen molar-refractivity contribution in [3.63, 3.8) is 0 Å². The van der Waals surface area contributed by atoms with E-state index < -0.39 is 6.17 Å². The lowest BCUT2D eigenvalue weighted by molar-refractivity contribution is 0.239. The van der Waals surface area contributed by atoms with Crippen molar-refractivity contribution in [2.75, 3.05) is 20.2 Å². The highest BCUT2D eigenvalue weighted by molar-refractivity contribution is 5.28. The number of methoxy groups -OCH3 is 1. The maximum absolute atomic E-state index is 13.9. The van der Waals surface area contributed by atoms with Crippen LogP contribution in [0.2, 0.25) is 0 Å². The van der Waals surface area contributed by atoms with Crippen LogP contribution in [0.1, 0.15) is 12.0 Å². The predicted octanol–water partition coefficient (Wildman–Crippen LogP) is 2.19. The number of alkyl halides is 1. The van der Waals surface area contributed by atoms with Crippen LogP contribution in [0, 0.1) is 5.92 Å². The molecule has 88 valence electrons. The Morgan fingerprint density at radius 3 is 3.12 bits per heavy atom. The first kappa shape index (κ1) is 11.4. The van der Waals surface area contributed by atoms with Crippen LogP contribution in [0.4, 0.5) is 4.39 Å². The minimum absolute atomic E-state index is 0.172. The van der Waals surface area contributed by atoms with E-state index in [1.54, 1.807) is 7.11 Å². The summed E-state index contributed by atoms with van der Waals surface area (Å²) in [5.74, 6) is 0.973. The van der Waals surface area contributed by atoms with Crippen LogP contribution in [0.3, 0.4) is 0 Å². The van der Waals surface area contributed by atoms with E-state index in [9.17, 15) is 4.39 Å². The fourth-order valence-corrected chi connectivity index (χ4v) is 2.18. The van der Waals surface area contributed by atoms with E-state index in [1.165, 1.54) is 0 Å². The van der Waals surface area contributed by atoms with Crippen LogP contribution in [-0.2, 0) is 6.42 Å². The molecule has 1 saturated heterocycles. The van der Waals surface area contributed by atoms with Crippen LogP contribution in [-0.4, -0.2) is 26.4 Å². The van der Waals surface area contributed by atoms with Crippen LogP contribution >= 0.6 is 0 Å². The summed E-state index contributed by atoms with van der Waals surface area (Å²) in [6, 6.07) is 7.66. The first-order valence-corrected chi connectivity index (χ1v) is 5.77. The van der Waals surface area contributed by atoms with Crippen molar-refractivity contribution in [1.29, 1.82) is 0 Å². The van der Waals surface area contributed by atoms with Gasteiger partial charge in [-0.15, -0.1) is 0 Å². The minimum Gasteiger partial charge on any atom is -0.497 e. The zero-order valence-corrected chi connectivity index (χ0v) is 9.58. The molecule has 2 atom stereocenters. The maximum atomic E-state index is 13.9. The van der Waals surface area contributed by atoms with Crippen molar-refractivity contribution < 1.29 is 9.13 Å². The summed E-state index contributed by atoms with van der Waals surface area (Å²) >= 11 is 0. The molecule has 0 radical (unpaired) electrons. The number of hydrogen-bond acceptors (Lipinski definition) is 2. The molecule has 2 nitrogen and oxygen atoms in total. The summed E-state index contributed by atoms with van der Waals surface area (Å²) in [5, 5.41) is 3.20. The summed E-state index contributed by atoms with van der Waals surface area (Å²) < 4.78 is 19.1. The maximum Gasteiger partial charge on any atom is 0.119 e. The summed E-state index contributed by atoms with van der Waals surface area (Å²) in [4.78, 5) is 0. The van der Waals surface area contributed by atoms with Crippen LogP contribution in [0.25, 0.3) is 0 Å². The molecular formula is C13H18FNO. The quantitative estimate of drug-likeness (QED) is 0.844. The Hall–Kier alpha value is -1.09. The van der Waals surface area contributed by atoms with Gasteiger partial charge in [0.05, 0.1) is 7.11 Å². The smallest absolute Gasteiger partial charge is 0.119 e. The van der Waals surface area contributed by atoms with Gasteiger partial charge in [-0.1, -0.05) is 12.1 Å². The molecule has 1 aliphatic rings. The van der Waals surface area contributed by atoms with Gasteiger partial charge in [-0.2, -0.15) is 0 Å². The van der Waals surface area contributed by atoms with Gasteiger partial charge in [-0.05, 0) is 30.7 Å². The Bertz CT molecular complexity index is 336. The molecule has 3 heteroatoms. The second kappa shape index (κ2) is 5.30. The molecule has 16 heavy (non-hydrogen) atoms. The van der Waals surface area contributed by atoms with E-state index in [0.717, 1.165) is 30.8 Å². The van der Waals surface area contributed by atoms with Gasteiger partial charge in [0.2, 0.25) is 0 Å². The Morgan fingerprint density at radius 2 is 2.44 bits per heavy atom. The summed E-state index contributed by atoms with van der Waals surface area (Å²) in [6.45, 7) is 1.76. The standard InChI is InChI=1S/C13H18FNO/c1-16-12-4-2-3-10(7-12)8-13(14)11-5-6-15-9-11/h2-4,7,11,13,15H,5-6,8-9H2,1H3. The summed E-state index contributed by atoms with van der Waals surface area (Å²) in [7, 11) is 1.63. The van der Waals surface area contributed by atoms with E-state index in [-0.39, 0.29) is 5.92 Å². The van der Waals surface area contributed by atoms with E-state index in [1.807, 2.05) is 24.3 Å². The van der Waals surface area contributed by atoms with Crippen molar-refractivity contribution in [2.45, 2.75) is 19.0 Å². The summed E-state index contributed by atoms with van der Waals surface area (Å²) in [6.07, 6.45) is 0.691. The second-order valence-electron chi connectivity index (χ2n) is 4.32. The van der Waals surface area contributed by atoms with Gasteiger partial charge < -0.3 is 10.1 Å². The van der Waals surface area contributed by atoms with Gasteiger partial charge in [-0.3, -0.25) is 0 Å². The van der Waals surface area contributed by atoms with Crippen molar-refractivity contribution in [3.8, 4) is 5.75 Å². The van der Waals surface area contributed by atoms with E-state index in [4.69, 9.17) is 4.74 Å². The van der Waals surface area contributed by atoms with E-state index in [0.29, 0.717) is 6.42 Å². The highest BCUT2D eigenvalue weighted by Gasteiger charge is 2.24. The second-order valence-corrected chi connectivity index (χ2v) is 4.32. The molecule has 0 spiro atoms. The van der Waals surface area contributed by atoms with Gasteiger partial charge in [0, 0.05) is 18.9 Å². The molecule has 1 aromatic carbocycles. The number of halogens is 1. The number of benzene rings is 1. The van der Waals surface area contributed by atoms with Gasteiger partial charge in [0.1, 0.15) is 11.9 Å². The number of hydrogen-bond donors (Lipinski definition) is 1. The minimum atomic E-state index is -0.748. The third-order valence-corrected chi connectivity index (χ3v) is 3.17. The molecule has 2 unspecified atom stereocenters. The molecule has 1 N–H and O–H groups in total. The largest absolute Gasteiger partial charge is 0.497 e. The molecule has 1 heterocycles. The number of rotatable bonds is 4. The Balaban J connectivity index is 1.96. The highest BCUT2D eigenvalue weighted by atomic mass is 19.1. The van der Waals surface area contributed by atoms with E-state index >= 15 is 0 Å². The van der Waals surface area contributed by atoms with Crippen molar-refractivity contribution in [3.05, 3.63) is 29.8 Å². The number of ether oxygens (including phenoxy) is 1. The molecular weight excluding hydrogens is 205 g/mol.